The molecule has 0 saturated carbocycles. The molecule has 0 atom stereocenters. The fraction of sp³-hybridized carbons (Fsp3) is 0.143. The van der Waals surface area contributed by atoms with Crippen LogP contribution in [-0.4, -0.2) is 27.2 Å². The van der Waals surface area contributed by atoms with E-state index in [4.69, 9.17) is 11.6 Å². The summed E-state index contributed by atoms with van der Waals surface area (Å²) in [6.07, 6.45) is 7.24. The van der Waals surface area contributed by atoms with E-state index in [0.717, 1.165) is 34.5 Å². The van der Waals surface area contributed by atoms with Crippen LogP contribution in [0.3, 0.4) is 0 Å². The number of H-pyrrole nitrogens is 1. The Balaban J connectivity index is 1.38. The van der Waals surface area contributed by atoms with Gasteiger partial charge in [0.25, 0.3) is 5.91 Å². The number of nitrogens with one attached hydrogen (secondary N) is 2. The second kappa shape index (κ2) is 7.68. The molecule has 2 aromatic carbocycles. The monoisotopic (exact) mass is 378 g/mol. The first-order valence-corrected chi connectivity index (χ1v) is 9.23. The van der Waals surface area contributed by atoms with Crippen LogP contribution in [0.4, 0.5) is 0 Å². The third kappa shape index (κ3) is 3.73. The van der Waals surface area contributed by atoms with E-state index in [9.17, 15) is 4.79 Å². The highest BCUT2D eigenvalue weighted by Gasteiger charge is 2.12. The predicted molar refractivity (Wildman–Crippen MR) is 108 cm³/mol. The number of para-hydroxylation sites is 1. The standard InChI is InChI=1S/C21H19ClN4O/c22-16-8-9-19-18(13-16)15(14-24-19)5-3-10-23-21(27)17-6-1-2-7-20(17)26-12-4-11-25-26/h1-2,4,6-9,11-14,24H,3,5,10H2,(H,23,27). The van der Waals surface area contributed by atoms with Gasteiger partial charge in [-0.15, -0.1) is 0 Å². The molecule has 0 unspecified atom stereocenters. The number of benzene rings is 2. The van der Waals surface area contributed by atoms with Gasteiger partial charge in [-0.1, -0.05) is 23.7 Å². The number of hydrogen-bond donors (Lipinski definition) is 2. The average molecular weight is 379 g/mol. The summed E-state index contributed by atoms with van der Waals surface area (Å²) in [6, 6.07) is 15.1. The Morgan fingerprint density at radius 3 is 2.93 bits per heavy atom. The van der Waals surface area contributed by atoms with Crippen LogP contribution in [0.15, 0.2) is 67.1 Å². The molecular formula is C21H19ClN4O. The van der Waals surface area contributed by atoms with Crippen LogP contribution in [0.1, 0.15) is 22.3 Å². The summed E-state index contributed by atoms with van der Waals surface area (Å²) in [4.78, 5) is 15.9. The molecule has 0 aliphatic rings. The molecule has 2 heterocycles. The summed E-state index contributed by atoms with van der Waals surface area (Å²) >= 11 is 6.10. The minimum Gasteiger partial charge on any atom is -0.361 e. The van der Waals surface area contributed by atoms with Gasteiger partial charge in [-0.05, 0) is 54.8 Å². The number of hydrogen-bond acceptors (Lipinski definition) is 2. The second-order valence-electron chi connectivity index (χ2n) is 6.33. The van der Waals surface area contributed by atoms with E-state index in [1.165, 1.54) is 5.56 Å². The lowest BCUT2D eigenvalue weighted by Gasteiger charge is -2.10. The summed E-state index contributed by atoms with van der Waals surface area (Å²) < 4.78 is 1.70. The number of aromatic nitrogens is 3. The number of aromatic amines is 1. The van der Waals surface area contributed by atoms with Crippen molar-refractivity contribution in [2.24, 2.45) is 0 Å². The lowest BCUT2D eigenvalue weighted by atomic mass is 10.1. The lowest BCUT2D eigenvalue weighted by Crippen LogP contribution is -2.26. The number of rotatable bonds is 6. The van der Waals surface area contributed by atoms with Crippen LogP contribution in [-0.2, 0) is 6.42 Å². The van der Waals surface area contributed by atoms with Gasteiger partial charge < -0.3 is 10.3 Å². The van der Waals surface area contributed by atoms with Crippen LogP contribution >= 0.6 is 11.6 Å². The molecule has 27 heavy (non-hydrogen) atoms. The number of amides is 1. The van der Waals surface area contributed by atoms with Gasteiger partial charge >= 0.3 is 0 Å². The topological polar surface area (TPSA) is 62.7 Å². The van der Waals surface area contributed by atoms with Crippen molar-refractivity contribution in [3.8, 4) is 5.69 Å². The highest BCUT2D eigenvalue weighted by Crippen LogP contribution is 2.23. The largest absolute Gasteiger partial charge is 0.361 e. The summed E-state index contributed by atoms with van der Waals surface area (Å²) in [5.41, 5.74) is 3.66. The Labute approximate surface area is 162 Å². The molecule has 0 bridgehead atoms. The molecule has 4 aromatic rings. The molecule has 136 valence electrons. The van der Waals surface area contributed by atoms with E-state index in [-0.39, 0.29) is 5.91 Å². The molecule has 1 amide bonds. The molecule has 4 rings (SSSR count). The van der Waals surface area contributed by atoms with Crippen molar-refractivity contribution >= 4 is 28.4 Å². The maximum atomic E-state index is 12.6. The van der Waals surface area contributed by atoms with Crippen LogP contribution in [0.5, 0.6) is 0 Å². The van der Waals surface area contributed by atoms with Gasteiger partial charge in [-0.25, -0.2) is 4.68 Å². The number of aryl methyl sites for hydroxylation is 1. The average Bonchev–Trinajstić information content (AvgIpc) is 3.35. The zero-order valence-corrected chi connectivity index (χ0v) is 15.4. The van der Waals surface area contributed by atoms with Gasteiger partial charge in [-0.2, -0.15) is 5.10 Å². The van der Waals surface area contributed by atoms with Crippen LogP contribution < -0.4 is 5.32 Å². The first kappa shape index (κ1) is 17.4. The third-order valence-electron chi connectivity index (χ3n) is 4.54. The Morgan fingerprint density at radius 2 is 2.07 bits per heavy atom. The highest BCUT2D eigenvalue weighted by atomic mass is 35.5. The van der Waals surface area contributed by atoms with Crippen LogP contribution in [0.25, 0.3) is 16.6 Å². The van der Waals surface area contributed by atoms with Crippen LogP contribution in [0.2, 0.25) is 5.02 Å². The quantitative estimate of drug-likeness (QED) is 0.489. The molecule has 0 radical (unpaired) electrons. The van der Waals surface area contributed by atoms with E-state index in [1.54, 1.807) is 10.9 Å². The molecule has 6 heteroatoms. The normalized spacial score (nSPS) is 11.0. The maximum absolute atomic E-state index is 12.6. The maximum Gasteiger partial charge on any atom is 0.253 e. The first-order chi connectivity index (χ1) is 13.2. The molecular weight excluding hydrogens is 360 g/mol. The van der Waals surface area contributed by atoms with Gasteiger partial charge in [0.1, 0.15) is 0 Å². The van der Waals surface area contributed by atoms with Crippen molar-refractivity contribution in [3.63, 3.8) is 0 Å². The predicted octanol–water partition coefficient (Wildman–Crippen LogP) is 4.37. The van der Waals surface area contributed by atoms with E-state index in [0.29, 0.717) is 12.1 Å². The van der Waals surface area contributed by atoms with Gasteiger partial charge in [-0.3, -0.25) is 4.79 Å². The lowest BCUT2D eigenvalue weighted by molar-refractivity contribution is 0.0953. The van der Waals surface area contributed by atoms with Crippen molar-refractivity contribution in [3.05, 3.63) is 83.3 Å². The van der Waals surface area contributed by atoms with Crippen LogP contribution in [0, 0.1) is 0 Å². The van der Waals surface area contributed by atoms with Gasteiger partial charge in [0, 0.05) is 41.1 Å². The minimum absolute atomic E-state index is 0.0944. The Bertz CT molecular complexity index is 1070. The number of carbonyl (C=O) groups excluding carboxylic acids is 1. The highest BCUT2D eigenvalue weighted by molar-refractivity contribution is 6.31. The molecule has 0 saturated heterocycles. The van der Waals surface area contributed by atoms with Crippen molar-refractivity contribution < 1.29 is 4.79 Å². The third-order valence-corrected chi connectivity index (χ3v) is 4.77. The molecule has 0 aliphatic heterocycles. The van der Waals surface area contributed by atoms with E-state index in [1.807, 2.05) is 60.9 Å². The fourth-order valence-electron chi connectivity index (χ4n) is 3.21. The van der Waals surface area contributed by atoms with Crippen molar-refractivity contribution in [2.45, 2.75) is 12.8 Å². The Kier molecular flexibility index (Phi) is 4.94. The number of carbonyl (C=O) groups is 1. The minimum atomic E-state index is -0.0944. The molecule has 0 aliphatic carbocycles. The Hall–Kier alpha value is -3.05. The zero-order valence-electron chi connectivity index (χ0n) is 14.7. The summed E-state index contributed by atoms with van der Waals surface area (Å²) in [7, 11) is 0. The molecule has 2 N–H and O–H groups in total. The first-order valence-electron chi connectivity index (χ1n) is 8.85. The molecule has 5 nitrogen and oxygen atoms in total. The van der Waals surface area contributed by atoms with Gasteiger partial charge in [0.05, 0.1) is 11.3 Å². The van der Waals surface area contributed by atoms with Gasteiger partial charge in [0.2, 0.25) is 0 Å². The van der Waals surface area contributed by atoms with Crippen molar-refractivity contribution in [1.29, 1.82) is 0 Å². The van der Waals surface area contributed by atoms with Crippen molar-refractivity contribution in [2.75, 3.05) is 6.54 Å². The SMILES string of the molecule is O=C(NCCCc1c[nH]c2ccc(Cl)cc12)c1ccccc1-n1cccn1. The number of halogens is 1. The Morgan fingerprint density at radius 1 is 1.19 bits per heavy atom. The number of nitrogens with zero attached hydrogens (tertiary/aromatic N) is 2. The van der Waals surface area contributed by atoms with E-state index < -0.39 is 0 Å². The van der Waals surface area contributed by atoms with E-state index in [2.05, 4.69) is 15.4 Å². The summed E-state index contributed by atoms with van der Waals surface area (Å²) in [6.45, 7) is 0.597. The molecule has 0 spiro atoms. The zero-order chi connectivity index (χ0) is 18.6. The summed E-state index contributed by atoms with van der Waals surface area (Å²) in [5, 5.41) is 9.09. The summed E-state index contributed by atoms with van der Waals surface area (Å²) in [5.74, 6) is -0.0944. The molecule has 0 fully saturated rings. The van der Waals surface area contributed by atoms with E-state index >= 15 is 0 Å². The number of fused-ring (bicyclic) bond motifs is 1. The molecule has 2 aromatic heterocycles. The van der Waals surface area contributed by atoms with Crippen molar-refractivity contribution in [1.82, 2.24) is 20.1 Å². The second-order valence-corrected chi connectivity index (χ2v) is 6.77. The van der Waals surface area contributed by atoms with Gasteiger partial charge in [0.15, 0.2) is 0 Å². The smallest absolute Gasteiger partial charge is 0.253 e. The fourth-order valence-corrected chi connectivity index (χ4v) is 3.38.